The number of carbonyl (C=O) groups is 1. The molecule has 1 aliphatic carbocycles. The van der Waals surface area contributed by atoms with Crippen molar-refractivity contribution in [3.63, 3.8) is 0 Å². The summed E-state index contributed by atoms with van der Waals surface area (Å²) in [6.07, 6.45) is 5.57. The van der Waals surface area contributed by atoms with Crippen LogP contribution in [0.2, 0.25) is 0 Å². The summed E-state index contributed by atoms with van der Waals surface area (Å²) in [5, 5.41) is 3.89. The molecule has 1 unspecified atom stereocenters. The second-order valence-corrected chi connectivity index (χ2v) is 9.04. The number of hydrogen-bond donors (Lipinski definition) is 1. The molecule has 1 aliphatic rings. The molecule has 30 heavy (non-hydrogen) atoms. The van der Waals surface area contributed by atoms with Gasteiger partial charge in [-0.3, -0.25) is 4.79 Å². The molecule has 0 fully saturated rings. The van der Waals surface area contributed by atoms with Crippen LogP contribution in [0.5, 0.6) is 0 Å². The molecule has 5 rings (SSSR count). The lowest BCUT2D eigenvalue weighted by molar-refractivity contribution is -0.117. The maximum Gasteiger partial charge on any atom is 0.365 e. The summed E-state index contributed by atoms with van der Waals surface area (Å²) in [5.74, 6) is 0.400. The van der Waals surface area contributed by atoms with Gasteiger partial charge in [-0.15, -0.1) is 11.3 Å². The highest BCUT2D eigenvalue weighted by atomic mass is 32.1. The van der Waals surface area contributed by atoms with Crippen LogP contribution >= 0.6 is 11.3 Å². The Kier molecular flexibility index (Phi) is 4.66. The minimum atomic E-state index is -0.438. The first-order valence-electron chi connectivity index (χ1n) is 10.3. The summed E-state index contributed by atoms with van der Waals surface area (Å²) in [6, 6.07) is 7.69. The van der Waals surface area contributed by atoms with Gasteiger partial charge in [-0.1, -0.05) is 32.0 Å². The highest BCUT2D eigenvalue weighted by Gasteiger charge is 2.24. The number of benzene rings is 1. The van der Waals surface area contributed by atoms with Gasteiger partial charge < -0.3 is 5.32 Å². The fourth-order valence-corrected chi connectivity index (χ4v) is 5.62. The summed E-state index contributed by atoms with van der Waals surface area (Å²) < 4.78 is 2.97. The molecule has 3 aromatic heterocycles. The van der Waals surface area contributed by atoms with E-state index in [-0.39, 0.29) is 12.5 Å². The smallest absolute Gasteiger partial charge is 0.324 e. The molecule has 4 aromatic rings. The van der Waals surface area contributed by atoms with E-state index in [0.717, 1.165) is 47.2 Å². The van der Waals surface area contributed by atoms with E-state index in [2.05, 4.69) is 22.2 Å². The molecule has 1 atom stereocenters. The van der Waals surface area contributed by atoms with Crippen LogP contribution in [0.25, 0.3) is 15.9 Å². The van der Waals surface area contributed by atoms with Gasteiger partial charge in [-0.05, 0) is 48.8 Å². The first-order chi connectivity index (χ1) is 14.5. The van der Waals surface area contributed by atoms with Crippen LogP contribution in [0.3, 0.4) is 0 Å². The van der Waals surface area contributed by atoms with E-state index in [9.17, 15) is 9.59 Å². The quantitative estimate of drug-likeness (QED) is 0.547. The van der Waals surface area contributed by atoms with Crippen molar-refractivity contribution in [2.45, 2.75) is 46.1 Å². The SMILES string of the molecule is CCc1ccccc1NC(=O)Cn1c(=O)nc2c3c4c(sc3ncn21)CC(C)CC4. The predicted molar refractivity (Wildman–Crippen MR) is 118 cm³/mol. The minimum Gasteiger partial charge on any atom is -0.324 e. The highest BCUT2D eigenvalue weighted by molar-refractivity contribution is 7.19. The first-order valence-corrected chi connectivity index (χ1v) is 11.1. The van der Waals surface area contributed by atoms with Gasteiger partial charge >= 0.3 is 5.69 Å². The zero-order valence-electron chi connectivity index (χ0n) is 17.0. The van der Waals surface area contributed by atoms with E-state index in [1.54, 1.807) is 22.2 Å². The van der Waals surface area contributed by atoms with Gasteiger partial charge in [0.2, 0.25) is 5.91 Å². The number of fused-ring (bicyclic) bond motifs is 5. The Morgan fingerprint density at radius 1 is 1.33 bits per heavy atom. The van der Waals surface area contributed by atoms with E-state index in [4.69, 9.17) is 0 Å². The van der Waals surface area contributed by atoms with Crippen LogP contribution in [-0.4, -0.2) is 25.1 Å². The Hall–Kier alpha value is -3.00. The van der Waals surface area contributed by atoms with E-state index >= 15 is 0 Å². The highest BCUT2D eigenvalue weighted by Crippen LogP contribution is 2.38. The summed E-state index contributed by atoms with van der Waals surface area (Å²) >= 11 is 1.70. The number of carbonyl (C=O) groups excluding carboxylic acids is 1. The van der Waals surface area contributed by atoms with Gasteiger partial charge in [0.1, 0.15) is 17.7 Å². The lowest BCUT2D eigenvalue weighted by Gasteiger charge is -2.17. The van der Waals surface area contributed by atoms with E-state index < -0.39 is 5.69 Å². The van der Waals surface area contributed by atoms with Crippen LogP contribution in [0.1, 0.15) is 36.3 Å². The Labute approximate surface area is 177 Å². The van der Waals surface area contributed by atoms with Gasteiger partial charge in [0.05, 0.1) is 5.39 Å². The lowest BCUT2D eigenvalue weighted by Crippen LogP contribution is -2.28. The van der Waals surface area contributed by atoms with Crippen molar-refractivity contribution < 1.29 is 4.79 Å². The van der Waals surface area contributed by atoms with Gasteiger partial charge in [0.15, 0.2) is 5.65 Å². The monoisotopic (exact) mass is 421 g/mol. The van der Waals surface area contributed by atoms with Crippen molar-refractivity contribution in [2.24, 2.45) is 5.92 Å². The molecule has 0 bridgehead atoms. The summed E-state index contributed by atoms with van der Waals surface area (Å²) in [4.78, 5) is 36.5. The largest absolute Gasteiger partial charge is 0.365 e. The third-order valence-electron chi connectivity index (χ3n) is 5.87. The van der Waals surface area contributed by atoms with Gasteiger partial charge in [0.25, 0.3) is 0 Å². The lowest BCUT2D eigenvalue weighted by atomic mass is 9.89. The summed E-state index contributed by atoms with van der Waals surface area (Å²) in [7, 11) is 0. The second kappa shape index (κ2) is 7.36. The van der Waals surface area contributed by atoms with Crippen molar-refractivity contribution in [3.05, 3.63) is 57.1 Å². The number of aromatic nitrogens is 4. The maximum absolute atomic E-state index is 12.7. The fraction of sp³-hybridized carbons (Fsp3) is 0.364. The molecule has 0 saturated heterocycles. The molecule has 3 heterocycles. The molecular formula is C22H23N5O2S. The standard InChI is InChI=1S/C22H23N5O2S/c1-3-14-6-4-5-7-16(14)24-18(28)11-26-22(29)25-20-19-15-9-8-13(2)10-17(15)30-21(19)23-12-27(20)26/h4-7,12-13H,3,8-11H2,1-2H3,(H,24,28). The van der Waals surface area contributed by atoms with Crippen LogP contribution in [0.15, 0.2) is 35.4 Å². The van der Waals surface area contributed by atoms with Crippen LogP contribution in [0.4, 0.5) is 5.69 Å². The molecule has 7 nitrogen and oxygen atoms in total. The molecular weight excluding hydrogens is 398 g/mol. The van der Waals surface area contributed by atoms with Crippen molar-refractivity contribution in [1.82, 2.24) is 19.2 Å². The number of rotatable bonds is 4. The van der Waals surface area contributed by atoms with Crippen molar-refractivity contribution in [2.75, 3.05) is 5.32 Å². The maximum atomic E-state index is 12.7. The summed E-state index contributed by atoms with van der Waals surface area (Å²) in [6.45, 7) is 4.19. The third kappa shape index (κ3) is 3.11. The molecule has 8 heteroatoms. The average Bonchev–Trinajstić information content (AvgIpc) is 3.25. The summed E-state index contributed by atoms with van der Waals surface area (Å²) in [5.41, 5.74) is 3.25. The zero-order chi connectivity index (χ0) is 20.8. The van der Waals surface area contributed by atoms with E-state index in [0.29, 0.717) is 11.6 Å². The third-order valence-corrected chi connectivity index (χ3v) is 7.03. The van der Waals surface area contributed by atoms with Crippen LogP contribution in [0, 0.1) is 5.92 Å². The van der Waals surface area contributed by atoms with E-state index in [1.807, 2.05) is 31.2 Å². The molecule has 1 amide bonds. The van der Waals surface area contributed by atoms with Gasteiger partial charge in [-0.25, -0.2) is 19.0 Å². The molecule has 0 saturated carbocycles. The fourth-order valence-electron chi connectivity index (χ4n) is 4.28. The van der Waals surface area contributed by atoms with E-state index in [1.165, 1.54) is 15.1 Å². The van der Waals surface area contributed by atoms with Crippen molar-refractivity contribution in [3.8, 4) is 0 Å². The number of thiophene rings is 1. The average molecular weight is 422 g/mol. The normalized spacial score (nSPS) is 16.1. The number of hydrogen-bond acceptors (Lipinski definition) is 5. The second-order valence-electron chi connectivity index (χ2n) is 7.96. The molecule has 1 aromatic carbocycles. The van der Waals surface area contributed by atoms with Crippen molar-refractivity contribution >= 4 is 38.8 Å². The molecule has 154 valence electrons. The number of anilines is 1. The van der Waals surface area contributed by atoms with Gasteiger partial charge in [-0.2, -0.15) is 4.98 Å². The Bertz CT molecular complexity index is 1330. The topological polar surface area (TPSA) is 81.3 Å². The number of nitrogens with zero attached hydrogens (tertiary/aromatic N) is 4. The Morgan fingerprint density at radius 3 is 3.00 bits per heavy atom. The number of para-hydroxylation sites is 1. The number of nitrogens with one attached hydrogen (secondary N) is 1. The first kappa shape index (κ1) is 19.0. The molecule has 0 aliphatic heterocycles. The number of aryl methyl sites for hydroxylation is 2. The molecule has 1 N–H and O–H groups in total. The van der Waals surface area contributed by atoms with Crippen molar-refractivity contribution in [1.29, 1.82) is 0 Å². The van der Waals surface area contributed by atoms with Crippen LogP contribution in [-0.2, 0) is 30.6 Å². The van der Waals surface area contributed by atoms with Gasteiger partial charge in [0, 0.05) is 10.6 Å². The molecule has 0 radical (unpaired) electrons. The Morgan fingerprint density at radius 2 is 2.17 bits per heavy atom. The minimum absolute atomic E-state index is 0.116. The zero-order valence-corrected chi connectivity index (χ0v) is 17.8. The molecule has 0 spiro atoms. The number of amides is 1. The van der Waals surface area contributed by atoms with Crippen LogP contribution < -0.4 is 11.0 Å². The predicted octanol–water partition coefficient (Wildman–Crippen LogP) is 3.43. The Balaban J connectivity index is 1.52.